The number of hydrogen-bond acceptors (Lipinski definition) is 8. The van der Waals surface area contributed by atoms with Gasteiger partial charge in [0.25, 0.3) is 0 Å². The number of primary amides is 2. The van der Waals surface area contributed by atoms with E-state index in [1.165, 1.54) is 6.92 Å². The van der Waals surface area contributed by atoms with E-state index in [0.29, 0.717) is 5.56 Å². The van der Waals surface area contributed by atoms with Crippen LogP contribution < -0.4 is 33.2 Å². The van der Waals surface area contributed by atoms with Crippen molar-refractivity contribution in [2.45, 2.75) is 69.3 Å². The molecule has 1 heterocycles. The predicted octanol–water partition coefficient (Wildman–Crippen LogP) is -2.51. The summed E-state index contributed by atoms with van der Waals surface area (Å²) in [6.07, 6.45) is -0.853. The number of amides is 5. The molecular formula is C25H35N7O8. The lowest BCUT2D eigenvalue weighted by atomic mass is 10.0. The molecule has 15 nitrogen and oxygen atoms in total. The van der Waals surface area contributed by atoms with Crippen LogP contribution in [0.15, 0.2) is 30.5 Å². The Kier molecular flexibility index (Phi) is 11.6. The summed E-state index contributed by atoms with van der Waals surface area (Å²) in [5.41, 5.74) is 17.4. The second kappa shape index (κ2) is 14.6. The SMILES string of the molecule is CC(O)C(N)C(=O)NC(Cc1c[nH]c2ccccc12)C(=O)NC(CCC(N)=O)C(=O)NC(CCC(N)=O)C(=O)O. The molecule has 40 heavy (non-hydrogen) atoms. The van der Waals surface area contributed by atoms with Crippen molar-refractivity contribution >= 4 is 46.4 Å². The van der Waals surface area contributed by atoms with E-state index >= 15 is 0 Å². The lowest BCUT2D eigenvalue weighted by molar-refractivity contribution is -0.142. The quantitative estimate of drug-likeness (QED) is 0.104. The van der Waals surface area contributed by atoms with Crippen molar-refractivity contribution in [1.29, 1.82) is 0 Å². The van der Waals surface area contributed by atoms with E-state index in [4.69, 9.17) is 17.2 Å². The van der Waals surface area contributed by atoms with Crippen molar-refractivity contribution in [2.75, 3.05) is 0 Å². The standard InChI is InChI=1S/C25H35N7O8/c1-12(33)21(28)24(38)32-18(10-13-11-29-15-5-3-2-4-14(13)15)23(37)30-16(6-8-19(26)34)22(36)31-17(25(39)40)7-9-20(27)35/h2-5,11-12,16-18,21,29,33H,6-10,28H2,1H3,(H2,26,34)(H2,27,35)(H,30,37)(H,31,36)(H,32,38)(H,39,40). The molecule has 1 aromatic carbocycles. The van der Waals surface area contributed by atoms with E-state index in [-0.39, 0.29) is 32.1 Å². The van der Waals surface area contributed by atoms with Crippen LogP contribution in [0.2, 0.25) is 0 Å². The van der Waals surface area contributed by atoms with E-state index < -0.39 is 65.8 Å². The zero-order valence-electron chi connectivity index (χ0n) is 21.9. The van der Waals surface area contributed by atoms with Crippen LogP contribution in [0.3, 0.4) is 0 Å². The highest BCUT2D eigenvalue weighted by Crippen LogP contribution is 2.19. The Morgan fingerprint density at radius 2 is 1.38 bits per heavy atom. The van der Waals surface area contributed by atoms with Gasteiger partial charge in [0.15, 0.2) is 0 Å². The average molecular weight is 562 g/mol. The van der Waals surface area contributed by atoms with Gasteiger partial charge in [0.2, 0.25) is 29.5 Å². The number of aliphatic hydroxyl groups excluding tert-OH is 1. The largest absolute Gasteiger partial charge is 0.480 e. The van der Waals surface area contributed by atoms with Gasteiger partial charge in [-0.3, -0.25) is 24.0 Å². The molecule has 5 unspecified atom stereocenters. The molecule has 0 saturated carbocycles. The smallest absolute Gasteiger partial charge is 0.326 e. The Morgan fingerprint density at radius 3 is 1.95 bits per heavy atom. The van der Waals surface area contributed by atoms with E-state index in [1.807, 2.05) is 12.1 Å². The highest BCUT2D eigenvalue weighted by atomic mass is 16.4. The van der Waals surface area contributed by atoms with Crippen molar-refractivity contribution in [2.24, 2.45) is 17.2 Å². The highest BCUT2D eigenvalue weighted by Gasteiger charge is 2.31. The Hall–Kier alpha value is -4.50. The molecule has 12 N–H and O–H groups in total. The summed E-state index contributed by atoms with van der Waals surface area (Å²) in [6.45, 7) is 1.31. The molecule has 5 atom stereocenters. The van der Waals surface area contributed by atoms with Crippen molar-refractivity contribution in [3.63, 3.8) is 0 Å². The number of aromatic nitrogens is 1. The van der Waals surface area contributed by atoms with Gasteiger partial charge in [-0.05, 0) is 31.4 Å². The minimum atomic E-state index is -1.50. The van der Waals surface area contributed by atoms with Crippen LogP contribution in [0.1, 0.15) is 38.2 Å². The summed E-state index contributed by atoms with van der Waals surface area (Å²) in [5.74, 6) is -5.61. The molecule has 5 amide bonds. The number of rotatable bonds is 16. The summed E-state index contributed by atoms with van der Waals surface area (Å²) in [7, 11) is 0. The fraction of sp³-hybridized carbons (Fsp3) is 0.440. The van der Waals surface area contributed by atoms with Crippen LogP contribution in [0.25, 0.3) is 10.9 Å². The molecular weight excluding hydrogens is 526 g/mol. The fourth-order valence-electron chi connectivity index (χ4n) is 3.86. The van der Waals surface area contributed by atoms with Crippen LogP contribution >= 0.6 is 0 Å². The Bertz CT molecular complexity index is 1240. The number of carbonyl (C=O) groups excluding carboxylic acids is 5. The van der Waals surface area contributed by atoms with Crippen molar-refractivity contribution in [1.82, 2.24) is 20.9 Å². The molecule has 0 radical (unpaired) electrons. The summed E-state index contributed by atoms with van der Waals surface area (Å²) in [6, 6.07) is 1.66. The first-order valence-corrected chi connectivity index (χ1v) is 12.5. The summed E-state index contributed by atoms with van der Waals surface area (Å²) in [5, 5.41) is 27.1. The van der Waals surface area contributed by atoms with Gasteiger partial charge in [-0.25, -0.2) is 4.79 Å². The van der Waals surface area contributed by atoms with Crippen molar-refractivity contribution in [3.05, 3.63) is 36.0 Å². The molecule has 0 saturated heterocycles. The molecule has 218 valence electrons. The number of carboxylic acid groups (broad SMARTS) is 1. The molecule has 0 aliphatic carbocycles. The molecule has 2 aromatic rings. The van der Waals surface area contributed by atoms with Gasteiger partial charge in [-0.2, -0.15) is 0 Å². The van der Waals surface area contributed by atoms with Gasteiger partial charge in [0.1, 0.15) is 24.2 Å². The van der Waals surface area contributed by atoms with E-state index in [0.717, 1.165) is 10.9 Å². The zero-order chi connectivity index (χ0) is 30.0. The first kappa shape index (κ1) is 31.7. The van der Waals surface area contributed by atoms with Crippen LogP contribution in [0, 0.1) is 0 Å². The Morgan fingerprint density at radius 1 is 0.850 bits per heavy atom. The molecule has 0 spiro atoms. The van der Waals surface area contributed by atoms with Gasteiger partial charge < -0.3 is 48.3 Å². The molecule has 0 aliphatic heterocycles. The first-order chi connectivity index (χ1) is 18.8. The van der Waals surface area contributed by atoms with Crippen LogP contribution in [0.4, 0.5) is 0 Å². The predicted molar refractivity (Wildman–Crippen MR) is 142 cm³/mol. The second-order valence-electron chi connectivity index (χ2n) is 9.36. The first-order valence-electron chi connectivity index (χ1n) is 12.5. The lowest BCUT2D eigenvalue weighted by Gasteiger charge is -2.25. The number of nitrogens with two attached hydrogens (primary N) is 3. The maximum Gasteiger partial charge on any atom is 0.326 e. The number of carboxylic acids is 1. The monoisotopic (exact) mass is 561 g/mol. The fourth-order valence-corrected chi connectivity index (χ4v) is 3.86. The third kappa shape index (κ3) is 9.36. The minimum absolute atomic E-state index is 0.0470. The molecule has 15 heteroatoms. The number of H-pyrrole nitrogens is 1. The average Bonchev–Trinajstić information content (AvgIpc) is 3.29. The third-order valence-electron chi connectivity index (χ3n) is 6.16. The summed E-state index contributed by atoms with van der Waals surface area (Å²) >= 11 is 0. The maximum absolute atomic E-state index is 13.4. The van der Waals surface area contributed by atoms with Crippen LogP contribution in [-0.2, 0) is 35.2 Å². The lowest BCUT2D eigenvalue weighted by Crippen LogP contribution is -2.58. The number of carbonyl (C=O) groups is 6. The van der Waals surface area contributed by atoms with Gasteiger partial charge >= 0.3 is 5.97 Å². The molecule has 0 bridgehead atoms. The number of aliphatic hydroxyl groups is 1. The molecule has 0 aliphatic rings. The molecule has 2 rings (SSSR count). The maximum atomic E-state index is 13.4. The van der Waals surface area contributed by atoms with E-state index in [9.17, 15) is 39.0 Å². The number of hydrogen-bond donors (Lipinski definition) is 9. The normalized spacial score (nSPS) is 14.8. The van der Waals surface area contributed by atoms with Gasteiger partial charge in [0.05, 0.1) is 6.10 Å². The third-order valence-corrected chi connectivity index (χ3v) is 6.16. The molecule has 1 aromatic heterocycles. The topological polar surface area (TPSA) is 273 Å². The number of nitrogens with one attached hydrogen (secondary N) is 4. The van der Waals surface area contributed by atoms with E-state index in [2.05, 4.69) is 20.9 Å². The van der Waals surface area contributed by atoms with Gasteiger partial charge in [-0.15, -0.1) is 0 Å². The van der Waals surface area contributed by atoms with Gasteiger partial charge in [0, 0.05) is 36.4 Å². The Labute approximate surface area is 229 Å². The Balaban J connectivity index is 2.31. The number of benzene rings is 1. The van der Waals surface area contributed by atoms with E-state index in [1.54, 1.807) is 18.3 Å². The number of para-hydroxylation sites is 1. The highest BCUT2D eigenvalue weighted by molar-refractivity contribution is 5.95. The van der Waals surface area contributed by atoms with Crippen molar-refractivity contribution in [3.8, 4) is 0 Å². The zero-order valence-corrected chi connectivity index (χ0v) is 21.9. The minimum Gasteiger partial charge on any atom is -0.480 e. The van der Waals surface area contributed by atoms with Crippen LogP contribution in [-0.4, -0.2) is 81.0 Å². The second-order valence-corrected chi connectivity index (χ2v) is 9.36. The van der Waals surface area contributed by atoms with Gasteiger partial charge in [-0.1, -0.05) is 18.2 Å². The summed E-state index contributed by atoms with van der Waals surface area (Å²) < 4.78 is 0. The summed E-state index contributed by atoms with van der Waals surface area (Å²) in [4.78, 5) is 76.2. The van der Waals surface area contributed by atoms with Crippen molar-refractivity contribution < 1.29 is 39.0 Å². The number of aromatic amines is 1. The van der Waals surface area contributed by atoms with Crippen LogP contribution in [0.5, 0.6) is 0 Å². The molecule has 0 fully saturated rings. The number of fused-ring (bicyclic) bond motifs is 1. The number of aliphatic carboxylic acids is 1.